The van der Waals surface area contributed by atoms with Crippen molar-refractivity contribution in [3.05, 3.63) is 65.7 Å². The first-order valence-corrected chi connectivity index (χ1v) is 10.8. The smallest absolute Gasteiger partial charge is 0.257 e. The number of anilines is 1. The van der Waals surface area contributed by atoms with Crippen molar-refractivity contribution in [1.82, 2.24) is 15.3 Å². The van der Waals surface area contributed by atoms with E-state index in [0.29, 0.717) is 22.8 Å². The van der Waals surface area contributed by atoms with Crippen LogP contribution in [-0.4, -0.2) is 42.3 Å². The SMILES string of the molecule is COc1cc(C(=O)NC(=S)Nc2cc(-c3nc4ccccc4[nH]3)ccc2C)cc(OC)c1OC. The molecule has 8 nitrogen and oxygen atoms in total. The summed E-state index contributed by atoms with van der Waals surface area (Å²) in [6.45, 7) is 1.95. The Morgan fingerprint density at radius 2 is 1.68 bits per heavy atom. The molecule has 34 heavy (non-hydrogen) atoms. The Kier molecular flexibility index (Phi) is 6.65. The molecule has 9 heteroatoms. The van der Waals surface area contributed by atoms with E-state index in [9.17, 15) is 4.79 Å². The number of benzene rings is 3. The summed E-state index contributed by atoms with van der Waals surface area (Å²) in [5.41, 5.74) is 4.77. The maximum atomic E-state index is 12.8. The monoisotopic (exact) mass is 476 g/mol. The van der Waals surface area contributed by atoms with E-state index in [4.69, 9.17) is 26.4 Å². The molecule has 0 atom stereocenters. The number of nitrogens with one attached hydrogen (secondary N) is 3. The van der Waals surface area contributed by atoms with Crippen molar-refractivity contribution in [1.29, 1.82) is 0 Å². The Morgan fingerprint density at radius 3 is 2.32 bits per heavy atom. The minimum absolute atomic E-state index is 0.156. The van der Waals surface area contributed by atoms with Gasteiger partial charge in [0.2, 0.25) is 5.75 Å². The van der Waals surface area contributed by atoms with Gasteiger partial charge >= 0.3 is 0 Å². The first-order valence-electron chi connectivity index (χ1n) is 10.4. The van der Waals surface area contributed by atoms with E-state index in [1.54, 1.807) is 12.1 Å². The molecule has 1 amide bonds. The molecule has 4 rings (SSSR count). The van der Waals surface area contributed by atoms with Crippen molar-refractivity contribution in [2.45, 2.75) is 6.92 Å². The summed E-state index contributed by atoms with van der Waals surface area (Å²) in [4.78, 5) is 20.8. The molecule has 1 heterocycles. The summed E-state index contributed by atoms with van der Waals surface area (Å²) in [5, 5.41) is 5.96. The molecule has 3 aromatic carbocycles. The normalized spacial score (nSPS) is 10.6. The Bertz CT molecular complexity index is 1320. The van der Waals surface area contributed by atoms with E-state index in [-0.39, 0.29) is 5.11 Å². The van der Waals surface area contributed by atoms with E-state index in [2.05, 4.69) is 20.6 Å². The number of methoxy groups -OCH3 is 3. The number of rotatable bonds is 6. The van der Waals surface area contributed by atoms with Crippen LogP contribution < -0.4 is 24.8 Å². The van der Waals surface area contributed by atoms with Crippen molar-refractivity contribution >= 4 is 40.0 Å². The topological polar surface area (TPSA) is 97.5 Å². The Morgan fingerprint density at radius 1 is 0.971 bits per heavy atom. The molecule has 0 radical (unpaired) electrons. The van der Waals surface area contributed by atoms with Crippen molar-refractivity contribution < 1.29 is 19.0 Å². The summed E-state index contributed by atoms with van der Waals surface area (Å²) in [5.74, 6) is 1.49. The minimum atomic E-state index is -0.414. The predicted octanol–water partition coefficient (Wildman–Crippen LogP) is 4.69. The van der Waals surface area contributed by atoms with E-state index >= 15 is 0 Å². The highest BCUT2D eigenvalue weighted by atomic mass is 32.1. The van der Waals surface area contributed by atoms with Crippen molar-refractivity contribution in [3.63, 3.8) is 0 Å². The van der Waals surface area contributed by atoms with Crippen LogP contribution in [0.15, 0.2) is 54.6 Å². The molecule has 0 aliphatic carbocycles. The lowest BCUT2D eigenvalue weighted by molar-refractivity contribution is 0.0977. The van der Waals surface area contributed by atoms with Crippen molar-refractivity contribution in [3.8, 4) is 28.6 Å². The van der Waals surface area contributed by atoms with E-state index in [0.717, 1.165) is 33.7 Å². The van der Waals surface area contributed by atoms with Crippen LogP contribution >= 0.6 is 12.2 Å². The van der Waals surface area contributed by atoms with Gasteiger partial charge in [-0.2, -0.15) is 0 Å². The fraction of sp³-hybridized carbons (Fsp3) is 0.160. The van der Waals surface area contributed by atoms with Crippen LogP contribution in [0.5, 0.6) is 17.2 Å². The molecule has 0 aliphatic heterocycles. The first kappa shape index (κ1) is 23.1. The Labute approximate surface area is 202 Å². The van der Waals surface area contributed by atoms with Gasteiger partial charge in [0, 0.05) is 16.8 Å². The average molecular weight is 477 g/mol. The second-order valence-electron chi connectivity index (χ2n) is 7.45. The number of carbonyl (C=O) groups excluding carboxylic acids is 1. The molecule has 0 bridgehead atoms. The van der Waals surface area contributed by atoms with E-state index in [1.165, 1.54) is 21.3 Å². The third-order valence-corrected chi connectivity index (χ3v) is 5.51. The van der Waals surface area contributed by atoms with Crippen LogP contribution in [0, 0.1) is 6.92 Å². The van der Waals surface area contributed by atoms with Gasteiger partial charge in [-0.15, -0.1) is 0 Å². The third kappa shape index (κ3) is 4.65. The first-order chi connectivity index (χ1) is 16.4. The molecule has 0 spiro atoms. The lowest BCUT2D eigenvalue weighted by Crippen LogP contribution is -2.34. The summed E-state index contributed by atoms with van der Waals surface area (Å²) < 4.78 is 15.9. The standard InChI is InChI=1S/C25H24N4O4S/c1-14-9-10-15(23-26-17-7-5-6-8-18(17)27-23)11-19(14)28-25(34)29-24(30)16-12-20(31-2)22(33-4)21(13-16)32-3/h5-13H,1-4H3,(H,26,27)(H2,28,29,30,34). The van der Waals surface area contributed by atoms with Gasteiger partial charge in [0.1, 0.15) is 5.82 Å². The molecule has 0 fully saturated rings. The fourth-order valence-corrected chi connectivity index (χ4v) is 3.74. The molecular weight excluding hydrogens is 452 g/mol. The number of thiocarbonyl (C=S) groups is 1. The highest BCUT2D eigenvalue weighted by molar-refractivity contribution is 7.80. The number of carbonyl (C=O) groups is 1. The molecule has 0 saturated heterocycles. The van der Waals surface area contributed by atoms with Crippen LogP contribution in [0.2, 0.25) is 0 Å². The number of nitrogens with zero attached hydrogens (tertiary/aromatic N) is 1. The molecule has 0 saturated carbocycles. The molecule has 3 N–H and O–H groups in total. The van der Waals surface area contributed by atoms with Gasteiger partial charge < -0.3 is 24.5 Å². The number of amides is 1. The second kappa shape index (κ2) is 9.80. The zero-order chi connectivity index (χ0) is 24.2. The van der Waals surface area contributed by atoms with Crippen molar-refractivity contribution in [2.24, 2.45) is 0 Å². The Balaban J connectivity index is 1.53. The number of aromatic nitrogens is 2. The minimum Gasteiger partial charge on any atom is -0.493 e. The third-order valence-electron chi connectivity index (χ3n) is 5.30. The molecule has 0 unspecified atom stereocenters. The number of H-pyrrole nitrogens is 1. The molecule has 0 aliphatic rings. The van der Waals surface area contributed by atoms with Gasteiger partial charge in [0.05, 0.1) is 32.4 Å². The van der Waals surface area contributed by atoms with Crippen LogP contribution in [0.3, 0.4) is 0 Å². The van der Waals surface area contributed by atoms with Gasteiger partial charge in [-0.1, -0.05) is 24.3 Å². The number of ether oxygens (including phenoxy) is 3. The van der Waals surface area contributed by atoms with E-state index < -0.39 is 5.91 Å². The van der Waals surface area contributed by atoms with E-state index in [1.807, 2.05) is 49.4 Å². The summed E-state index contributed by atoms with van der Waals surface area (Å²) in [6.07, 6.45) is 0. The predicted molar refractivity (Wildman–Crippen MR) is 136 cm³/mol. The molecular formula is C25H24N4O4S. The van der Waals surface area contributed by atoms with Crippen LogP contribution in [-0.2, 0) is 0 Å². The number of hydrogen-bond donors (Lipinski definition) is 3. The van der Waals surface area contributed by atoms with Gasteiger partial charge in [-0.3, -0.25) is 10.1 Å². The van der Waals surface area contributed by atoms with Crippen molar-refractivity contribution in [2.75, 3.05) is 26.6 Å². The van der Waals surface area contributed by atoms with Gasteiger partial charge in [0.15, 0.2) is 16.6 Å². The summed E-state index contributed by atoms with van der Waals surface area (Å²) in [6, 6.07) is 16.9. The van der Waals surface area contributed by atoms with Gasteiger partial charge in [-0.05, 0) is 55.0 Å². The quantitative estimate of drug-likeness (QED) is 0.347. The molecule has 4 aromatic rings. The molecule has 174 valence electrons. The van der Waals surface area contributed by atoms with Crippen LogP contribution in [0.25, 0.3) is 22.4 Å². The maximum Gasteiger partial charge on any atom is 0.257 e. The van der Waals surface area contributed by atoms with Gasteiger partial charge in [-0.25, -0.2) is 4.98 Å². The van der Waals surface area contributed by atoms with Crippen LogP contribution in [0.1, 0.15) is 15.9 Å². The lowest BCUT2D eigenvalue weighted by Gasteiger charge is -2.15. The number of aryl methyl sites for hydroxylation is 1. The van der Waals surface area contributed by atoms with Gasteiger partial charge in [0.25, 0.3) is 5.91 Å². The summed E-state index contributed by atoms with van der Waals surface area (Å²) in [7, 11) is 4.48. The number of fused-ring (bicyclic) bond motifs is 1. The largest absolute Gasteiger partial charge is 0.493 e. The average Bonchev–Trinajstić information content (AvgIpc) is 3.28. The number of imidazole rings is 1. The maximum absolute atomic E-state index is 12.8. The highest BCUT2D eigenvalue weighted by Crippen LogP contribution is 2.38. The highest BCUT2D eigenvalue weighted by Gasteiger charge is 2.18. The number of aromatic amines is 1. The zero-order valence-electron chi connectivity index (χ0n) is 19.2. The second-order valence-corrected chi connectivity index (χ2v) is 7.86. The number of para-hydroxylation sites is 2. The fourth-order valence-electron chi connectivity index (χ4n) is 3.53. The Hall–Kier alpha value is -4.11. The zero-order valence-corrected chi connectivity index (χ0v) is 20.0. The number of hydrogen-bond acceptors (Lipinski definition) is 6. The summed E-state index contributed by atoms with van der Waals surface area (Å²) >= 11 is 5.40. The molecule has 1 aromatic heterocycles. The lowest BCUT2D eigenvalue weighted by atomic mass is 10.1. The van der Waals surface area contributed by atoms with Crippen LogP contribution in [0.4, 0.5) is 5.69 Å².